The van der Waals surface area contributed by atoms with E-state index in [9.17, 15) is 13.5 Å². The van der Waals surface area contributed by atoms with Gasteiger partial charge in [0, 0.05) is 27.2 Å². The minimum Gasteiger partial charge on any atom is -0.871 e. The number of hydrogen-bond donors (Lipinski definition) is 1. The molecular formula is C10H19ClN6O4S. The number of hydrazine groups is 1. The van der Waals surface area contributed by atoms with Crippen molar-refractivity contribution in [1.29, 1.82) is 5.41 Å². The van der Waals surface area contributed by atoms with E-state index in [0.717, 1.165) is 4.31 Å². The van der Waals surface area contributed by atoms with Crippen molar-refractivity contribution >= 4 is 28.5 Å². The second kappa shape index (κ2) is 6.77. The number of allylic oxidation sites excluding steroid dienone is 1. The minimum absolute atomic E-state index is 0. The molecule has 0 amide bonds. The van der Waals surface area contributed by atoms with Crippen LogP contribution in [0.1, 0.15) is 6.92 Å². The Kier molecular flexibility index (Phi) is 5.73. The van der Waals surface area contributed by atoms with Crippen molar-refractivity contribution in [3.8, 4) is 0 Å². The van der Waals surface area contributed by atoms with Gasteiger partial charge in [0.2, 0.25) is 5.28 Å². The van der Waals surface area contributed by atoms with Crippen LogP contribution < -0.4 is 5.11 Å². The fraction of sp³-hybridized carbons (Fsp3) is 0.700. The van der Waals surface area contributed by atoms with E-state index in [4.69, 9.17) is 10.2 Å². The average Bonchev–Trinajstić information content (AvgIpc) is 2.80. The zero-order valence-electron chi connectivity index (χ0n) is 12.5. The van der Waals surface area contributed by atoms with Gasteiger partial charge in [-0.25, -0.2) is 0 Å². The zero-order chi connectivity index (χ0) is 15.8. The van der Waals surface area contributed by atoms with Crippen molar-refractivity contribution in [1.82, 2.24) is 13.6 Å². The van der Waals surface area contributed by atoms with Crippen LogP contribution in [0.15, 0.2) is 16.7 Å². The first kappa shape index (κ1) is 18.6. The van der Waals surface area contributed by atoms with E-state index in [1.54, 1.807) is 5.01 Å². The predicted octanol–water partition coefficient (Wildman–Crippen LogP) is -1.27. The third-order valence-corrected chi connectivity index (χ3v) is 5.17. The number of nitrogens with zero attached hydrogens (tertiary/aromatic N) is 5. The maximum atomic E-state index is 12.0. The summed E-state index contributed by atoms with van der Waals surface area (Å²) >= 11 is 0. The van der Waals surface area contributed by atoms with Crippen LogP contribution in [0.5, 0.6) is 0 Å². The van der Waals surface area contributed by atoms with Crippen LogP contribution in [0.3, 0.4) is 0 Å². The molecule has 0 aromatic rings. The maximum Gasteiger partial charge on any atom is 0.324 e. The second-order valence-electron chi connectivity index (χ2n) is 4.84. The Morgan fingerprint density at radius 3 is 2.36 bits per heavy atom. The van der Waals surface area contributed by atoms with E-state index < -0.39 is 10.2 Å². The molecule has 0 aliphatic carbocycles. The first-order chi connectivity index (χ1) is 9.75. The summed E-state index contributed by atoms with van der Waals surface area (Å²) in [6.45, 7) is 2.57. The summed E-state index contributed by atoms with van der Waals surface area (Å²) in [5.74, 6) is -0.629. The average molecular weight is 355 g/mol. The molecule has 0 aromatic carbocycles. The van der Waals surface area contributed by atoms with Crippen LogP contribution in [0.25, 0.3) is 0 Å². The molecule has 22 heavy (non-hydrogen) atoms. The Bertz CT molecular complexity index is 605. The highest BCUT2D eigenvalue weighted by Gasteiger charge is 2.40. The Hall–Kier alpha value is -1.43. The molecule has 0 aromatic heterocycles. The normalized spacial score (nSPS) is 22.3. The molecule has 2 aliphatic rings. The molecule has 0 saturated carbocycles. The first-order valence-corrected chi connectivity index (χ1v) is 7.72. The van der Waals surface area contributed by atoms with Crippen LogP contribution in [0.2, 0.25) is 0 Å². The third kappa shape index (κ3) is 3.32. The lowest BCUT2D eigenvalue weighted by atomic mass is 10.3. The Balaban J connectivity index is 0.00000242. The molecule has 10 nitrogen and oxygen atoms in total. The summed E-state index contributed by atoms with van der Waals surface area (Å²) in [4.78, 5) is 5.96. The van der Waals surface area contributed by atoms with E-state index in [0.29, 0.717) is 13.1 Å². The monoisotopic (exact) mass is 354 g/mol. The molecule has 0 atom stereocenters. The minimum atomic E-state index is -3.44. The van der Waals surface area contributed by atoms with Crippen LogP contribution in [0, 0.1) is 5.41 Å². The number of rotatable bonds is 3. The Labute approximate surface area is 135 Å². The standard InChI is InChI=1S/C10H18N6O4S.ClH/c1-8(17)9-10(11)20-12-16(9)14-4-6-15(7-5-14)21(18,19)13(2)3;/h4-7H2,1-3H3,(H-,11,12,17);1H. The molecule has 1 fully saturated rings. The highest BCUT2D eigenvalue weighted by Crippen LogP contribution is 2.18. The van der Waals surface area contributed by atoms with Gasteiger partial charge in [-0.2, -0.15) is 22.0 Å². The smallest absolute Gasteiger partial charge is 0.324 e. The lowest BCUT2D eigenvalue weighted by Gasteiger charge is -2.31. The highest BCUT2D eigenvalue weighted by molar-refractivity contribution is 7.86. The van der Waals surface area contributed by atoms with Gasteiger partial charge in [-0.05, 0) is 12.7 Å². The van der Waals surface area contributed by atoms with Gasteiger partial charge in [0.1, 0.15) is 0 Å². The largest absolute Gasteiger partial charge is 0.871 e. The maximum absolute atomic E-state index is 12.0. The summed E-state index contributed by atoms with van der Waals surface area (Å²) in [7, 11) is -0.483. The first-order valence-electron chi connectivity index (χ1n) is 6.32. The summed E-state index contributed by atoms with van der Waals surface area (Å²) in [5, 5.41) is 24.4. The van der Waals surface area contributed by atoms with Gasteiger partial charge in [-0.1, -0.05) is 0 Å². The fourth-order valence-corrected chi connectivity index (χ4v) is 3.16. The van der Waals surface area contributed by atoms with Gasteiger partial charge < -0.3 is 5.11 Å². The van der Waals surface area contributed by atoms with E-state index in [-0.39, 0.29) is 42.9 Å². The number of piperazine rings is 1. The third-order valence-electron chi connectivity index (χ3n) is 3.23. The SMILES string of the molecule is CC([O-])=C1C(=N)ON=[N+]1N1CCN(S(=O)(=O)N(C)C)CC1.Cl. The highest BCUT2D eigenvalue weighted by atomic mass is 35.5. The van der Waals surface area contributed by atoms with Gasteiger partial charge in [-0.15, -0.1) is 12.4 Å². The van der Waals surface area contributed by atoms with Crippen LogP contribution in [-0.4, -0.2) is 73.0 Å². The van der Waals surface area contributed by atoms with Crippen LogP contribution >= 0.6 is 12.4 Å². The number of halogens is 1. The van der Waals surface area contributed by atoms with Gasteiger partial charge >= 0.3 is 11.6 Å². The molecule has 2 aliphatic heterocycles. The van der Waals surface area contributed by atoms with Gasteiger partial charge in [-0.3, -0.25) is 10.2 Å². The van der Waals surface area contributed by atoms with Gasteiger partial charge in [0.25, 0.3) is 10.2 Å². The van der Waals surface area contributed by atoms with E-state index in [1.165, 1.54) is 30.1 Å². The van der Waals surface area contributed by atoms with Crippen molar-refractivity contribution in [3.63, 3.8) is 0 Å². The van der Waals surface area contributed by atoms with Gasteiger partial charge in [0.05, 0.1) is 17.9 Å². The summed E-state index contributed by atoms with van der Waals surface area (Å²) < 4.78 is 26.6. The van der Waals surface area contributed by atoms with Gasteiger partial charge in [0.15, 0.2) is 0 Å². The summed E-state index contributed by atoms with van der Waals surface area (Å²) in [6.07, 6.45) is 0. The second-order valence-corrected chi connectivity index (χ2v) is 6.98. The van der Waals surface area contributed by atoms with Crippen LogP contribution in [-0.2, 0) is 15.0 Å². The molecule has 0 bridgehead atoms. The molecule has 126 valence electrons. The molecular weight excluding hydrogens is 336 g/mol. The predicted molar refractivity (Wildman–Crippen MR) is 77.2 cm³/mol. The fourth-order valence-electron chi connectivity index (χ4n) is 2.08. The zero-order valence-corrected chi connectivity index (χ0v) is 14.1. The van der Waals surface area contributed by atoms with E-state index >= 15 is 0 Å². The molecule has 1 N–H and O–H groups in total. The molecule has 2 heterocycles. The van der Waals surface area contributed by atoms with Crippen molar-refractivity contribution < 1.29 is 23.2 Å². The summed E-state index contributed by atoms with van der Waals surface area (Å²) in [5.41, 5.74) is 0.0546. The molecule has 1 saturated heterocycles. The molecule has 0 radical (unpaired) electrons. The van der Waals surface area contributed by atoms with Crippen molar-refractivity contribution in [2.45, 2.75) is 6.92 Å². The topological polar surface area (TPSA) is 115 Å². The van der Waals surface area contributed by atoms with E-state index in [2.05, 4.69) is 5.28 Å². The van der Waals surface area contributed by atoms with Crippen molar-refractivity contribution in [2.75, 3.05) is 40.3 Å². The van der Waals surface area contributed by atoms with E-state index in [1.807, 2.05) is 0 Å². The molecule has 0 spiro atoms. The lowest BCUT2D eigenvalue weighted by Crippen LogP contribution is -2.53. The Morgan fingerprint density at radius 1 is 1.36 bits per heavy atom. The number of nitrogens with one attached hydrogen (secondary N) is 1. The molecule has 2 rings (SSSR count). The van der Waals surface area contributed by atoms with Crippen LogP contribution in [0.4, 0.5) is 0 Å². The molecule has 12 heteroatoms. The quantitative estimate of drug-likeness (QED) is 0.501. The Morgan fingerprint density at radius 2 is 1.91 bits per heavy atom. The summed E-state index contributed by atoms with van der Waals surface area (Å²) in [6, 6.07) is 0. The van der Waals surface area contributed by atoms with Crippen molar-refractivity contribution in [3.05, 3.63) is 11.5 Å². The van der Waals surface area contributed by atoms with Crippen molar-refractivity contribution in [2.24, 2.45) is 5.28 Å². The lowest BCUT2D eigenvalue weighted by molar-refractivity contribution is -0.709. The number of hydrogen-bond acceptors (Lipinski definition) is 7. The molecule has 0 unspecified atom stereocenters.